The second kappa shape index (κ2) is 9.71. The highest BCUT2D eigenvalue weighted by Crippen LogP contribution is 2.15. The maximum absolute atomic E-state index is 12.4. The van der Waals surface area contributed by atoms with Gasteiger partial charge >= 0.3 is 0 Å². The van der Waals surface area contributed by atoms with Gasteiger partial charge in [0.2, 0.25) is 0 Å². The minimum absolute atomic E-state index is 0.277. The highest BCUT2D eigenvalue weighted by atomic mass is 35.5. The number of carbonyl (C=O) groups excluding carboxylic acids is 1. The minimum atomic E-state index is -0.277. The van der Waals surface area contributed by atoms with E-state index in [0.29, 0.717) is 29.6 Å². The fourth-order valence-corrected chi connectivity index (χ4v) is 2.82. The zero-order chi connectivity index (χ0) is 19.8. The van der Waals surface area contributed by atoms with Crippen LogP contribution in [0.4, 0.5) is 5.82 Å². The summed E-state index contributed by atoms with van der Waals surface area (Å²) < 4.78 is 5.16. The van der Waals surface area contributed by atoms with Crippen molar-refractivity contribution in [2.75, 3.05) is 19.0 Å². The monoisotopic (exact) mass is 396 g/mol. The average molecular weight is 397 g/mol. The maximum atomic E-state index is 12.4. The van der Waals surface area contributed by atoms with Gasteiger partial charge in [0.1, 0.15) is 23.6 Å². The van der Waals surface area contributed by atoms with Gasteiger partial charge in [-0.15, -0.1) is 0 Å². The molecule has 1 heterocycles. The fourth-order valence-electron chi connectivity index (χ4n) is 2.61. The van der Waals surface area contributed by atoms with Crippen molar-refractivity contribution in [3.05, 3.63) is 82.8 Å². The van der Waals surface area contributed by atoms with Crippen LogP contribution >= 0.6 is 11.6 Å². The van der Waals surface area contributed by atoms with Gasteiger partial charge in [0.25, 0.3) is 5.91 Å². The van der Waals surface area contributed by atoms with Crippen LogP contribution in [-0.4, -0.2) is 29.5 Å². The molecule has 2 N–H and O–H groups in total. The van der Waals surface area contributed by atoms with Crippen molar-refractivity contribution in [1.82, 2.24) is 15.3 Å². The number of aromatic nitrogens is 2. The van der Waals surface area contributed by atoms with Crippen molar-refractivity contribution in [2.24, 2.45) is 0 Å². The van der Waals surface area contributed by atoms with E-state index in [9.17, 15) is 4.79 Å². The normalized spacial score (nSPS) is 10.4. The first kappa shape index (κ1) is 19.6. The lowest BCUT2D eigenvalue weighted by atomic mass is 10.1. The van der Waals surface area contributed by atoms with Crippen molar-refractivity contribution >= 4 is 23.3 Å². The van der Waals surface area contributed by atoms with Crippen molar-refractivity contribution in [1.29, 1.82) is 0 Å². The highest BCUT2D eigenvalue weighted by molar-refractivity contribution is 6.31. The van der Waals surface area contributed by atoms with E-state index >= 15 is 0 Å². The first-order valence-corrected chi connectivity index (χ1v) is 9.24. The van der Waals surface area contributed by atoms with Crippen LogP contribution in [0.3, 0.4) is 0 Å². The molecule has 3 rings (SSSR count). The topological polar surface area (TPSA) is 76.1 Å². The van der Waals surface area contributed by atoms with Crippen LogP contribution in [0.25, 0.3) is 0 Å². The molecule has 0 aliphatic carbocycles. The molecule has 0 fully saturated rings. The first-order chi connectivity index (χ1) is 13.7. The van der Waals surface area contributed by atoms with Crippen LogP contribution in [-0.2, 0) is 13.0 Å². The summed E-state index contributed by atoms with van der Waals surface area (Å²) in [6.45, 7) is 1.02. The molecule has 0 saturated heterocycles. The molecule has 0 radical (unpaired) electrons. The third kappa shape index (κ3) is 5.44. The average Bonchev–Trinajstić information content (AvgIpc) is 2.74. The summed E-state index contributed by atoms with van der Waals surface area (Å²) in [7, 11) is 1.65. The molecule has 0 aliphatic rings. The molecule has 0 bridgehead atoms. The van der Waals surface area contributed by atoms with Crippen molar-refractivity contribution in [3.63, 3.8) is 0 Å². The zero-order valence-corrected chi connectivity index (χ0v) is 16.2. The second-order valence-electron chi connectivity index (χ2n) is 6.09. The summed E-state index contributed by atoms with van der Waals surface area (Å²) in [5.74, 6) is 1.16. The summed E-state index contributed by atoms with van der Waals surface area (Å²) in [6, 6.07) is 16.9. The number of rotatable bonds is 8. The standard InChI is InChI=1S/C21H21ClN4O2/c1-28-17-8-6-15(7-9-17)10-11-23-20-12-19(25-14-26-20)21(27)24-13-16-4-2-3-5-18(16)22/h2-9,12,14H,10-11,13H2,1H3,(H,24,27)(H,23,25,26). The summed E-state index contributed by atoms with van der Waals surface area (Å²) in [6.07, 6.45) is 2.20. The summed E-state index contributed by atoms with van der Waals surface area (Å²) in [5, 5.41) is 6.66. The van der Waals surface area contributed by atoms with Gasteiger partial charge in [-0.2, -0.15) is 0 Å². The van der Waals surface area contributed by atoms with E-state index in [0.717, 1.165) is 17.7 Å². The Balaban J connectivity index is 1.52. The van der Waals surface area contributed by atoms with Gasteiger partial charge in [-0.1, -0.05) is 41.9 Å². The second-order valence-corrected chi connectivity index (χ2v) is 6.49. The number of methoxy groups -OCH3 is 1. The van der Waals surface area contributed by atoms with Crippen LogP contribution in [0.1, 0.15) is 21.6 Å². The molecule has 2 aromatic carbocycles. The Morgan fingerprint density at radius 3 is 2.64 bits per heavy atom. The SMILES string of the molecule is COc1ccc(CCNc2cc(C(=O)NCc3ccccc3Cl)ncn2)cc1. The molecule has 0 unspecified atom stereocenters. The highest BCUT2D eigenvalue weighted by Gasteiger charge is 2.09. The molecule has 0 spiro atoms. The molecule has 1 amide bonds. The lowest BCUT2D eigenvalue weighted by Crippen LogP contribution is -2.24. The molecular formula is C21H21ClN4O2. The Morgan fingerprint density at radius 1 is 1.11 bits per heavy atom. The number of ether oxygens (including phenoxy) is 1. The van der Waals surface area contributed by atoms with Crippen molar-refractivity contribution in [2.45, 2.75) is 13.0 Å². The Morgan fingerprint density at radius 2 is 1.89 bits per heavy atom. The number of nitrogens with zero attached hydrogens (tertiary/aromatic N) is 2. The number of hydrogen-bond acceptors (Lipinski definition) is 5. The Labute approximate surface area is 168 Å². The number of hydrogen-bond donors (Lipinski definition) is 2. The third-order valence-electron chi connectivity index (χ3n) is 4.18. The van der Waals surface area contributed by atoms with E-state index < -0.39 is 0 Å². The van der Waals surface area contributed by atoms with E-state index in [1.165, 1.54) is 11.9 Å². The van der Waals surface area contributed by atoms with Crippen LogP contribution in [0.2, 0.25) is 5.02 Å². The molecule has 144 valence electrons. The van der Waals surface area contributed by atoms with E-state index in [1.54, 1.807) is 19.2 Å². The summed E-state index contributed by atoms with van der Waals surface area (Å²) in [4.78, 5) is 20.6. The fraction of sp³-hybridized carbons (Fsp3) is 0.190. The molecular weight excluding hydrogens is 376 g/mol. The predicted molar refractivity (Wildman–Crippen MR) is 110 cm³/mol. The molecule has 0 aliphatic heterocycles. The van der Waals surface area contributed by atoms with Crippen LogP contribution in [0.15, 0.2) is 60.9 Å². The molecule has 3 aromatic rings. The van der Waals surface area contributed by atoms with Gasteiger partial charge in [0.15, 0.2) is 0 Å². The number of anilines is 1. The molecule has 6 nitrogen and oxygen atoms in total. The molecule has 1 aromatic heterocycles. The Hall–Kier alpha value is -3.12. The van der Waals surface area contributed by atoms with Gasteiger partial charge in [-0.3, -0.25) is 4.79 Å². The van der Waals surface area contributed by atoms with Gasteiger partial charge in [0.05, 0.1) is 7.11 Å². The third-order valence-corrected chi connectivity index (χ3v) is 4.54. The van der Waals surface area contributed by atoms with Crippen LogP contribution < -0.4 is 15.4 Å². The summed E-state index contributed by atoms with van der Waals surface area (Å²) in [5.41, 5.74) is 2.33. The van der Waals surface area contributed by atoms with E-state index in [-0.39, 0.29) is 5.91 Å². The van der Waals surface area contributed by atoms with E-state index in [1.807, 2.05) is 42.5 Å². The molecule has 0 atom stereocenters. The lowest BCUT2D eigenvalue weighted by molar-refractivity contribution is 0.0946. The lowest BCUT2D eigenvalue weighted by Gasteiger charge is -2.09. The minimum Gasteiger partial charge on any atom is -0.497 e. The quantitative estimate of drug-likeness (QED) is 0.606. The van der Waals surface area contributed by atoms with Gasteiger partial charge < -0.3 is 15.4 Å². The van der Waals surface area contributed by atoms with Crippen molar-refractivity contribution < 1.29 is 9.53 Å². The van der Waals surface area contributed by atoms with Crippen LogP contribution in [0.5, 0.6) is 5.75 Å². The number of amides is 1. The Bertz CT molecular complexity index is 932. The first-order valence-electron chi connectivity index (χ1n) is 8.86. The number of nitrogens with one attached hydrogen (secondary N) is 2. The van der Waals surface area contributed by atoms with Gasteiger partial charge in [0, 0.05) is 24.2 Å². The number of halogens is 1. The molecule has 28 heavy (non-hydrogen) atoms. The number of benzene rings is 2. The maximum Gasteiger partial charge on any atom is 0.270 e. The van der Waals surface area contributed by atoms with Crippen molar-refractivity contribution in [3.8, 4) is 5.75 Å². The summed E-state index contributed by atoms with van der Waals surface area (Å²) >= 11 is 6.11. The molecule has 7 heteroatoms. The van der Waals surface area contributed by atoms with Gasteiger partial charge in [-0.25, -0.2) is 9.97 Å². The zero-order valence-electron chi connectivity index (χ0n) is 15.5. The van der Waals surface area contributed by atoms with Gasteiger partial charge in [-0.05, 0) is 35.7 Å². The van der Waals surface area contributed by atoms with E-state index in [2.05, 4.69) is 20.6 Å². The number of carbonyl (C=O) groups is 1. The Kier molecular flexibility index (Phi) is 6.81. The largest absolute Gasteiger partial charge is 0.497 e. The van der Waals surface area contributed by atoms with Crippen LogP contribution in [0, 0.1) is 0 Å². The molecule has 0 saturated carbocycles. The smallest absolute Gasteiger partial charge is 0.270 e. The predicted octanol–water partition coefficient (Wildman–Crippen LogP) is 3.72. The van der Waals surface area contributed by atoms with E-state index in [4.69, 9.17) is 16.3 Å².